The molecule has 0 heterocycles. The number of aryl methyl sites for hydroxylation is 1. The molecule has 1 aromatic carbocycles. The van der Waals surface area contributed by atoms with E-state index >= 15 is 0 Å². The van der Waals surface area contributed by atoms with Crippen molar-refractivity contribution in [1.29, 1.82) is 0 Å². The van der Waals surface area contributed by atoms with E-state index in [0.717, 1.165) is 24.1 Å². The van der Waals surface area contributed by atoms with Crippen molar-refractivity contribution in [3.05, 3.63) is 34.9 Å². The predicted octanol–water partition coefficient (Wildman–Crippen LogP) is 3.94. The van der Waals surface area contributed by atoms with Crippen molar-refractivity contribution in [3.63, 3.8) is 0 Å². The molecule has 19 heavy (non-hydrogen) atoms. The molecule has 0 radical (unpaired) electrons. The monoisotopic (exact) mass is 271 g/mol. The third-order valence-electron chi connectivity index (χ3n) is 3.57. The number of alkyl halides is 3. The molecule has 1 atom stereocenters. The van der Waals surface area contributed by atoms with Crippen molar-refractivity contribution < 1.29 is 13.2 Å². The second-order valence-electron chi connectivity index (χ2n) is 5.63. The van der Waals surface area contributed by atoms with Gasteiger partial charge >= 0.3 is 6.18 Å². The molecule has 0 bridgehead atoms. The molecule has 0 amide bonds. The molecule has 1 aliphatic carbocycles. The Kier molecular flexibility index (Phi) is 4.19. The van der Waals surface area contributed by atoms with E-state index in [1.807, 2.05) is 0 Å². The molecule has 0 spiro atoms. The van der Waals surface area contributed by atoms with E-state index in [2.05, 4.69) is 12.2 Å². The average Bonchev–Trinajstić information content (AvgIpc) is 3.11. The van der Waals surface area contributed by atoms with Gasteiger partial charge in [0.1, 0.15) is 0 Å². The van der Waals surface area contributed by atoms with Crippen molar-refractivity contribution in [3.8, 4) is 0 Å². The van der Waals surface area contributed by atoms with E-state index in [-0.39, 0.29) is 0 Å². The Morgan fingerprint density at radius 1 is 1.32 bits per heavy atom. The average molecular weight is 271 g/mol. The second-order valence-corrected chi connectivity index (χ2v) is 5.63. The third-order valence-corrected chi connectivity index (χ3v) is 3.57. The highest BCUT2D eigenvalue weighted by molar-refractivity contribution is 5.32. The molecular formula is C15H20F3N. The Labute approximate surface area is 112 Å². The quantitative estimate of drug-likeness (QED) is 0.855. The lowest BCUT2D eigenvalue weighted by Crippen LogP contribution is -2.24. The summed E-state index contributed by atoms with van der Waals surface area (Å²) in [4.78, 5) is 0. The van der Waals surface area contributed by atoms with Gasteiger partial charge < -0.3 is 5.32 Å². The van der Waals surface area contributed by atoms with Crippen LogP contribution in [-0.4, -0.2) is 12.6 Å². The van der Waals surface area contributed by atoms with Gasteiger partial charge in [0, 0.05) is 6.04 Å². The molecule has 0 aliphatic heterocycles. The van der Waals surface area contributed by atoms with Crippen molar-refractivity contribution in [2.24, 2.45) is 5.92 Å². The maximum atomic E-state index is 12.6. The van der Waals surface area contributed by atoms with Gasteiger partial charge in [-0.25, -0.2) is 0 Å². The Hall–Kier alpha value is -1.03. The fourth-order valence-electron chi connectivity index (χ4n) is 2.20. The minimum atomic E-state index is -4.25. The van der Waals surface area contributed by atoms with Crippen LogP contribution in [0.2, 0.25) is 0 Å². The van der Waals surface area contributed by atoms with E-state index in [1.165, 1.54) is 25.0 Å². The van der Waals surface area contributed by atoms with Crippen LogP contribution >= 0.6 is 0 Å². The van der Waals surface area contributed by atoms with E-state index in [4.69, 9.17) is 0 Å². The summed E-state index contributed by atoms with van der Waals surface area (Å²) in [6.45, 7) is 4.82. The minimum Gasteiger partial charge on any atom is -0.314 e. The zero-order valence-corrected chi connectivity index (χ0v) is 11.3. The SMILES string of the molecule is Cc1cc(C(F)(F)F)ccc1CC(C)CNC1CC1. The number of hydrogen-bond acceptors (Lipinski definition) is 1. The summed E-state index contributed by atoms with van der Waals surface area (Å²) in [5, 5.41) is 3.45. The van der Waals surface area contributed by atoms with Crippen molar-refractivity contribution >= 4 is 0 Å². The summed E-state index contributed by atoms with van der Waals surface area (Å²) in [6.07, 6.45) is -0.913. The van der Waals surface area contributed by atoms with Gasteiger partial charge in [0.2, 0.25) is 0 Å². The predicted molar refractivity (Wildman–Crippen MR) is 70.1 cm³/mol. The first-order chi connectivity index (χ1) is 8.86. The standard InChI is InChI=1S/C15H20F3N/c1-10(9-19-14-5-6-14)7-12-3-4-13(8-11(12)2)15(16,17)18/h3-4,8,10,14,19H,5-7,9H2,1-2H3. The summed E-state index contributed by atoms with van der Waals surface area (Å²) in [5.74, 6) is 0.441. The van der Waals surface area contributed by atoms with Crippen molar-refractivity contribution in [2.45, 2.75) is 45.3 Å². The Bertz CT molecular complexity index is 436. The largest absolute Gasteiger partial charge is 0.416 e. The zero-order valence-electron chi connectivity index (χ0n) is 11.3. The molecule has 2 rings (SSSR count). The summed E-state index contributed by atoms with van der Waals surface area (Å²) >= 11 is 0. The van der Waals surface area contributed by atoms with Crippen molar-refractivity contribution in [2.75, 3.05) is 6.54 Å². The molecule has 1 N–H and O–H groups in total. The molecule has 1 saturated carbocycles. The van der Waals surface area contributed by atoms with Crippen LogP contribution in [0.15, 0.2) is 18.2 Å². The number of benzene rings is 1. The van der Waals surface area contributed by atoms with Crippen LogP contribution < -0.4 is 5.32 Å². The Balaban J connectivity index is 1.95. The first-order valence-electron chi connectivity index (χ1n) is 6.76. The lowest BCUT2D eigenvalue weighted by atomic mass is 9.95. The minimum absolute atomic E-state index is 0.441. The molecule has 4 heteroatoms. The van der Waals surface area contributed by atoms with Crippen LogP contribution in [0.1, 0.15) is 36.5 Å². The van der Waals surface area contributed by atoms with Gasteiger partial charge in [-0.3, -0.25) is 0 Å². The van der Waals surface area contributed by atoms with E-state index < -0.39 is 11.7 Å². The van der Waals surface area contributed by atoms with Crippen LogP contribution in [0.25, 0.3) is 0 Å². The van der Waals surface area contributed by atoms with Gasteiger partial charge in [0.15, 0.2) is 0 Å². The van der Waals surface area contributed by atoms with Crippen LogP contribution in [0, 0.1) is 12.8 Å². The molecule has 0 saturated heterocycles. The summed E-state index contributed by atoms with van der Waals surface area (Å²) in [7, 11) is 0. The topological polar surface area (TPSA) is 12.0 Å². The van der Waals surface area contributed by atoms with Gasteiger partial charge in [-0.1, -0.05) is 13.0 Å². The molecule has 1 nitrogen and oxygen atoms in total. The molecule has 1 aromatic rings. The van der Waals surface area contributed by atoms with Gasteiger partial charge in [-0.05, 0) is 61.9 Å². The highest BCUT2D eigenvalue weighted by Crippen LogP contribution is 2.30. The third kappa shape index (κ3) is 4.23. The van der Waals surface area contributed by atoms with Gasteiger partial charge in [0.25, 0.3) is 0 Å². The molecule has 1 aliphatic rings. The van der Waals surface area contributed by atoms with Crippen molar-refractivity contribution in [1.82, 2.24) is 5.32 Å². The van der Waals surface area contributed by atoms with E-state index in [9.17, 15) is 13.2 Å². The zero-order chi connectivity index (χ0) is 14.0. The smallest absolute Gasteiger partial charge is 0.314 e. The maximum Gasteiger partial charge on any atom is 0.416 e. The fraction of sp³-hybridized carbons (Fsp3) is 0.600. The molecule has 106 valence electrons. The number of rotatable bonds is 5. The highest BCUT2D eigenvalue weighted by atomic mass is 19.4. The normalized spacial score (nSPS) is 17.5. The molecule has 0 aromatic heterocycles. The van der Waals surface area contributed by atoms with Crippen LogP contribution in [0.4, 0.5) is 13.2 Å². The molecular weight excluding hydrogens is 251 g/mol. The fourth-order valence-corrected chi connectivity index (χ4v) is 2.20. The van der Waals surface area contributed by atoms with E-state index in [0.29, 0.717) is 12.0 Å². The first kappa shape index (κ1) is 14.4. The summed E-state index contributed by atoms with van der Waals surface area (Å²) < 4.78 is 37.7. The van der Waals surface area contributed by atoms with Gasteiger partial charge in [0.05, 0.1) is 5.56 Å². The van der Waals surface area contributed by atoms with Gasteiger partial charge in [-0.2, -0.15) is 13.2 Å². The maximum absolute atomic E-state index is 12.6. The van der Waals surface area contributed by atoms with Crippen LogP contribution in [0.5, 0.6) is 0 Å². The van der Waals surface area contributed by atoms with E-state index in [1.54, 1.807) is 13.0 Å². The highest BCUT2D eigenvalue weighted by Gasteiger charge is 2.30. The van der Waals surface area contributed by atoms with Gasteiger partial charge in [-0.15, -0.1) is 0 Å². The summed E-state index contributed by atoms with van der Waals surface area (Å²) in [5.41, 5.74) is 1.18. The van der Waals surface area contributed by atoms with Crippen LogP contribution in [0.3, 0.4) is 0 Å². The lowest BCUT2D eigenvalue weighted by molar-refractivity contribution is -0.137. The number of hydrogen-bond donors (Lipinski definition) is 1. The number of halogens is 3. The Morgan fingerprint density at radius 2 is 2.00 bits per heavy atom. The molecule has 1 fully saturated rings. The molecule has 1 unspecified atom stereocenters. The second kappa shape index (κ2) is 5.53. The number of nitrogens with one attached hydrogen (secondary N) is 1. The Morgan fingerprint density at radius 3 is 2.53 bits per heavy atom. The summed E-state index contributed by atoms with van der Waals surface area (Å²) in [6, 6.07) is 4.72. The first-order valence-corrected chi connectivity index (χ1v) is 6.76. The van der Waals surface area contributed by atoms with Crippen LogP contribution in [-0.2, 0) is 12.6 Å². The lowest BCUT2D eigenvalue weighted by Gasteiger charge is -2.15.